The van der Waals surface area contributed by atoms with Gasteiger partial charge in [0.25, 0.3) is 0 Å². The highest BCUT2D eigenvalue weighted by Crippen LogP contribution is 2.61. The van der Waals surface area contributed by atoms with E-state index in [9.17, 15) is 4.79 Å². The number of fused-ring (bicyclic) bond motifs is 1. The largest absolute Gasteiger partial charge is 0.464 e. The van der Waals surface area contributed by atoms with E-state index in [-0.39, 0.29) is 16.7 Å². The summed E-state index contributed by atoms with van der Waals surface area (Å²) in [6, 6.07) is 1.99. The summed E-state index contributed by atoms with van der Waals surface area (Å²) >= 11 is 3.26. The Morgan fingerprint density at radius 2 is 2.60 bits per heavy atom. The lowest BCUT2D eigenvalue weighted by molar-refractivity contribution is -0.142. The van der Waals surface area contributed by atoms with Crippen molar-refractivity contribution < 1.29 is 9.53 Å². The molecule has 0 amide bonds. The van der Waals surface area contributed by atoms with Gasteiger partial charge in [-0.2, -0.15) is 5.26 Å². The number of rotatable bonds is 0. The maximum atomic E-state index is 10.9. The third kappa shape index (κ3) is 0.410. The molecule has 2 rings (SSSR count). The van der Waals surface area contributed by atoms with Gasteiger partial charge in [0, 0.05) is 5.92 Å². The summed E-state index contributed by atoms with van der Waals surface area (Å²) in [6.45, 7) is 0.405. The number of nitriles is 1. The Morgan fingerprint density at radius 3 is 2.90 bits per heavy atom. The van der Waals surface area contributed by atoms with E-state index < -0.39 is 5.41 Å². The second-order valence-electron chi connectivity index (χ2n) is 2.59. The smallest absolute Gasteiger partial charge is 0.328 e. The molecule has 0 aromatic carbocycles. The van der Waals surface area contributed by atoms with Crippen LogP contribution in [0.25, 0.3) is 0 Å². The summed E-state index contributed by atoms with van der Waals surface area (Å²) in [7, 11) is 0. The minimum Gasteiger partial charge on any atom is -0.464 e. The number of ether oxygens (including phenoxy) is 1. The van der Waals surface area contributed by atoms with E-state index in [0.717, 1.165) is 0 Å². The monoisotopic (exact) mass is 201 g/mol. The fourth-order valence-corrected chi connectivity index (χ4v) is 2.41. The molecule has 0 N–H and O–H groups in total. The molecular weight excluding hydrogens is 198 g/mol. The molecule has 1 aliphatic carbocycles. The Kier molecular flexibility index (Phi) is 0.948. The number of hydrogen-bond donors (Lipinski definition) is 0. The first-order valence-corrected chi connectivity index (χ1v) is 3.87. The average Bonchev–Trinajstić information content (AvgIpc) is 2.33. The van der Waals surface area contributed by atoms with E-state index >= 15 is 0 Å². The molecule has 2 aliphatic rings. The van der Waals surface area contributed by atoms with Gasteiger partial charge in [-0.05, 0) is 0 Å². The van der Waals surface area contributed by atoms with E-state index in [4.69, 9.17) is 5.26 Å². The predicted octanol–water partition coefficient (Wildman–Crippen LogP) is 0.446. The fraction of sp³-hybridized carbons (Fsp3) is 0.667. The predicted molar refractivity (Wildman–Crippen MR) is 35.2 cm³/mol. The van der Waals surface area contributed by atoms with Crippen LogP contribution in [0, 0.1) is 22.7 Å². The van der Waals surface area contributed by atoms with Gasteiger partial charge in [0.05, 0.1) is 17.5 Å². The van der Waals surface area contributed by atoms with E-state index in [1.807, 2.05) is 6.07 Å². The van der Waals surface area contributed by atoms with Crippen LogP contribution in [0.5, 0.6) is 0 Å². The lowest BCUT2D eigenvalue weighted by Gasteiger charge is -1.98. The quantitative estimate of drug-likeness (QED) is 0.423. The SMILES string of the molecule is N#C[C@@]12C(=O)OC[C@@H]1[C@H]2Br. The number of halogens is 1. The molecule has 4 heteroatoms. The van der Waals surface area contributed by atoms with Gasteiger partial charge in [-0.3, -0.25) is 4.79 Å². The van der Waals surface area contributed by atoms with Gasteiger partial charge in [-0.15, -0.1) is 0 Å². The molecule has 0 aromatic rings. The molecule has 1 saturated carbocycles. The van der Waals surface area contributed by atoms with Gasteiger partial charge >= 0.3 is 5.97 Å². The summed E-state index contributed by atoms with van der Waals surface area (Å²) in [5.41, 5.74) is -0.819. The van der Waals surface area contributed by atoms with Crippen LogP contribution in [-0.2, 0) is 9.53 Å². The third-order valence-electron chi connectivity index (χ3n) is 2.18. The molecule has 0 aromatic heterocycles. The Morgan fingerprint density at radius 1 is 1.90 bits per heavy atom. The summed E-state index contributed by atoms with van der Waals surface area (Å²) < 4.78 is 4.69. The molecule has 0 unspecified atom stereocenters. The zero-order chi connectivity index (χ0) is 7.35. The number of esters is 1. The van der Waals surface area contributed by atoms with Crippen molar-refractivity contribution in [1.29, 1.82) is 5.26 Å². The normalized spacial score (nSPS) is 49.4. The van der Waals surface area contributed by atoms with Crippen molar-refractivity contribution in [3.63, 3.8) is 0 Å². The highest BCUT2D eigenvalue weighted by molar-refractivity contribution is 9.09. The van der Waals surface area contributed by atoms with Crippen molar-refractivity contribution in [3.8, 4) is 6.07 Å². The lowest BCUT2D eigenvalue weighted by Crippen LogP contribution is -2.15. The highest BCUT2D eigenvalue weighted by atomic mass is 79.9. The minimum atomic E-state index is -0.819. The van der Waals surface area contributed by atoms with Crippen LogP contribution in [-0.4, -0.2) is 17.4 Å². The van der Waals surface area contributed by atoms with Crippen molar-refractivity contribution in [1.82, 2.24) is 0 Å². The van der Waals surface area contributed by atoms with Crippen LogP contribution in [0.2, 0.25) is 0 Å². The van der Waals surface area contributed by atoms with Crippen LogP contribution in [0.1, 0.15) is 0 Å². The van der Waals surface area contributed by atoms with Gasteiger partial charge in [0.2, 0.25) is 0 Å². The standard InChI is InChI=1S/C6H4BrNO2/c7-4-3-1-10-5(9)6(3,4)2-8/h3-4H,1H2/t3-,4-,6-/m1/s1. The van der Waals surface area contributed by atoms with E-state index in [0.29, 0.717) is 6.61 Å². The van der Waals surface area contributed by atoms with E-state index in [1.165, 1.54) is 0 Å². The maximum Gasteiger partial charge on any atom is 0.328 e. The Labute approximate surface area is 66.1 Å². The molecule has 10 heavy (non-hydrogen) atoms. The zero-order valence-electron chi connectivity index (χ0n) is 5.00. The number of nitrogens with zero attached hydrogens (tertiary/aromatic N) is 1. The Bertz CT molecular complexity index is 247. The summed E-state index contributed by atoms with van der Waals surface area (Å²) in [6.07, 6.45) is 0. The van der Waals surface area contributed by atoms with Crippen LogP contribution in [0.15, 0.2) is 0 Å². The van der Waals surface area contributed by atoms with Gasteiger partial charge in [-0.1, -0.05) is 15.9 Å². The van der Waals surface area contributed by atoms with Crippen molar-refractivity contribution in [2.75, 3.05) is 6.61 Å². The molecule has 0 spiro atoms. The minimum absolute atomic E-state index is 0.0336. The molecule has 3 nitrogen and oxygen atoms in total. The van der Waals surface area contributed by atoms with Crippen LogP contribution in [0.3, 0.4) is 0 Å². The molecule has 3 atom stereocenters. The first-order chi connectivity index (χ1) is 4.73. The lowest BCUT2D eigenvalue weighted by atomic mass is 10.1. The first-order valence-electron chi connectivity index (χ1n) is 2.96. The third-order valence-corrected chi connectivity index (χ3v) is 3.54. The summed E-state index contributed by atoms with van der Waals surface area (Å²) in [4.78, 5) is 10.9. The summed E-state index contributed by atoms with van der Waals surface area (Å²) in [5, 5.41) is 8.63. The second-order valence-corrected chi connectivity index (χ2v) is 3.57. The van der Waals surface area contributed by atoms with Crippen molar-refractivity contribution in [2.24, 2.45) is 11.3 Å². The highest BCUT2D eigenvalue weighted by Gasteiger charge is 2.75. The number of hydrogen-bond acceptors (Lipinski definition) is 3. The van der Waals surface area contributed by atoms with Gasteiger partial charge in [0.15, 0.2) is 5.41 Å². The zero-order valence-corrected chi connectivity index (χ0v) is 6.59. The average molecular weight is 202 g/mol. The van der Waals surface area contributed by atoms with Crippen LogP contribution < -0.4 is 0 Å². The van der Waals surface area contributed by atoms with Gasteiger partial charge in [-0.25, -0.2) is 0 Å². The molecule has 0 radical (unpaired) electrons. The molecule has 52 valence electrons. The molecule has 1 aliphatic heterocycles. The molecule has 2 fully saturated rings. The van der Waals surface area contributed by atoms with Crippen LogP contribution in [0.4, 0.5) is 0 Å². The van der Waals surface area contributed by atoms with Gasteiger partial charge in [0.1, 0.15) is 0 Å². The molecule has 0 bridgehead atoms. The molecule has 1 heterocycles. The van der Waals surface area contributed by atoms with Crippen molar-refractivity contribution in [2.45, 2.75) is 4.83 Å². The van der Waals surface area contributed by atoms with Crippen molar-refractivity contribution in [3.05, 3.63) is 0 Å². The number of alkyl halides is 1. The van der Waals surface area contributed by atoms with E-state index in [1.54, 1.807) is 0 Å². The Hall–Kier alpha value is -0.560. The molecule has 1 saturated heterocycles. The van der Waals surface area contributed by atoms with Crippen LogP contribution >= 0.6 is 15.9 Å². The maximum absolute atomic E-state index is 10.9. The number of cyclic esters (lactones) is 1. The topological polar surface area (TPSA) is 50.1 Å². The molecular formula is C6H4BrNO2. The number of carbonyl (C=O) groups is 1. The fourth-order valence-electron chi connectivity index (χ4n) is 1.37. The summed E-state index contributed by atoms with van der Waals surface area (Å²) in [5.74, 6) is -0.258. The first kappa shape index (κ1) is 6.17. The van der Waals surface area contributed by atoms with E-state index in [2.05, 4.69) is 20.7 Å². The Balaban J connectivity index is 2.38. The number of carbonyl (C=O) groups excluding carboxylic acids is 1. The van der Waals surface area contributed by atoms with Crippen molar-refractivity contribution >= 4 is 21.9 Å². The van der Waals surface area contributed by atoms with Gasteiger partial charge < -0.3 is 4.74 Å². The second kappa shape index (κ2) is 1.54.